The second-order valence-electron chi connectivity index (χ2n) is 10.6. The Morgan fingerprint density at radius 1 is 0.907 bits per heavy atom. The Morgan fingerprint density at radius 2 is 1.60 bits per heavy atom. The first-order valence-corrected chi connectivity index (χ1v) is 14.4. The van der Waals surface area contributed by atoms with Crippen LogP contribution in [-0.2, 0) is 20.9 Å². The number of anilines is 3. The van der Waals surface area contributed by atoms with E-state index in [1.807, 2.05) is 43.3 Å². The molecule has 10 heteroatoms. The van der Waals surface area contributed by atoms with Gasteiger partial charge in [-0.15, -0.1) is 0 Å². The Balaban J connectivity index is 1.32. The molecule has 0 atom stereocenters. The summed E-state index contributed by atoms with van der Waals surface area (Å²) in [4.78, 5) is 48.3. The van der Waals surface area contributed by atoms with E-state index in [2.05, 4.69) is 39.2 Å². The lowest BCUT2D eigenvalue weighted by Crippen LogP contribution is -2.46. The molecule has 4 aromatic rings. The fourth-order valence-corrected chi connectivity index (χ4v) is 5.64. The third-order valence-corrected chi connectivity index (χ3v) is 7.89. The summed E-state index contributed by atoms with van der Waals surface area (Å²) in [6.07, 6.45) is 0. The van der Waals surface area contributed by atoms with Crippen molar-refractivity contribution in [3.05, 3.63) is 94.4 Å². The molecule has 1 N–H and O–H groups in total. The number of amides is 1. The summed E-state index contributed by atoms with van der Waals surface area (Å²) in [7, 11) is 1.28. The number of aromatic nitrogens is 2. The van der Waals surface area contributed by atoms with Crippen molar-refractivity contribution in [1.82, 2.24) is 9.55 Å². The van der Waals surface area contributed by atoms with Gasteiger partial charge in [0.25, 0.3) is 11.7 Å². The van der Waals surface area contributed by atoms with Crippen LogP contribution in [0, 0.1) is 20.8 Å². The second kappa shape index (κ2) is 12.7. The molecule has 43 heavy (non-hydrogen) atoms. The number of pyridine rings is 1. The zero-order valence-electron chi connectivity index (χ0n) is 24.7. The minimum atomic E-state index is -0.856. The number of carbonyl (C=O) groups is 3. The predicted octanol–water partition coefficient (Wildman–Crippen LogP) is 5.45. The molecule has 222 valence electrons. The zero-order chi connectivity index (χ0) is 30.7. The predicted molar refractivity (Wildman–Crippen MR) is 169 cm³/mol. The summed E-state index contributed by atoms with van der Waals surface area (Å²) in [5.41, 5.74) is 5.51. The Morgan fingerprint density at radius 3 is 2.26 bits per heavy atom. The number of aryl methyl sites for hydroxylation is 3. The minimum Gasteiger partial charge on any atom is -0.468 e. The number of nitrogens with one attached hydrogen (secondary N) is 1. The number of hydrogen-bond acceptors (Lipinski definition) is 7. The molecule has 0 bridgehead atoms. The first-order valence-electron chi connectivity index (χ1n) is 14.1. The van der Waals surface area contributed by atoms with Crippen LogP contribution in [0.4, 0.5) is 17.2 Å². The van der Waals surface area contributed by atoms with E-state index >= 15 is 0 Å². The number of nitrogens with zero attached hydrogens (tertiary/aromatic N) is 4. The van der Waals surface area contributed by atoms with Gasteiger partial charge in [0.1, 0.15) is 18.1 Å². The van der Waals surface area contributed by atoms with Crippen molar-refractivity contribution in [1.29, 1.82) is 0 Å². The lowest BCUT2D eigenvalue weighted by atomic mass is 10.0. The van der Waals surface area contributed by atoms with Crippen molar-refractivity contribution in [3.63, 3.8) is 0 Å². The van der Waals surface area contributed by atoms with Gasteiger partial charge in [-0.05, 0) is 68.3 Å². The van der Waals surface area contributed by atoms with E-state index in [1.54, 1.807) is 25.1 Å². The molecule has 1 saturated heterocycles. The maximum atomic E-state index is 13.6. The highest BCUT2D eigenvalue weighted by Crippen LogP contribution is 2.31. The van der Waals surface area contributed by atoms with Gasteiger partial charge in [0.2, 0.25) is 0 Å². The van der Waals surface area contributed by atoms with Crippen molar-refractivity contribution < 1.29 is 19.1 Å². The molecule has 0 radical (unpaired) electrons. The number of Topliss-reactive ketones (excluding diaryl/α,β-unsaturated/α-hetero) is 1. The largest absolute Gasteiger partial charge is 0.468 e. The third-order valence-electron chi connectivity index (χ3n) is 7.58. The highest BCUT2D eigenvalue weighted by molar-refractivity contribution is 6.48. The first kappa shape index (κ1) is 29.8. The summed E-state index contributed by atoms with van der Waals surface area (Å²) in [6.45, 7) is 8.86. The van der Waals surface area contributed by atoms with E-state index < -0.39 is 17.7 Å². The Bertz CT molecular complexity index is 1660. The molecule has 0 unspecified atom stereocenters. The molecule has 0 spiro atoms. The van der Waals surface area contributed by atoms with E-state index in [1.165, 1.54) is 17.2 Å². The van der Waals surface area contributed by atoms with Crippen molar-refractivity contribution in [3.8, 4) is 11.1 Å². The maximum absolute atomic E-state index is 13.6. The molecule has 1 aliphatic heterocycles. The number of ether oxygens (including phenoxy) is 1. The number of benzene rings is 2. The molecular formula is C33H34ClN5O4. The van der Waals surface area contributed by atoms with Gasteiger partial charge >= 0.3 is 5.97 Å². The summed E-state index contributed by atoms with van der Waals surface area (Å²) in [5.74, 6) is -1.18. The van der Waals surface area contributed by atoms with Gasteiger partial charge in [-0.25, -0.2) is 4.98 Å². The van der Waals surface area contributed by atoms with Crippen LogP contribution < -0.4 is 15.1 Å². The van der Waals surface area contributed by atoms with Gasteiger partial charge in [0.15, 0.2) is 0 Å². The zero-order valence-corrected chi connectivity index (χ0v) is 25.4. The highest BCUT2D eigenvalue weighted by atomic mass is 35.5. The van der Waals surface area contributed by atoms with Crippen molar-refractivity contribution >= 4 is 46.5 Å². The minimum absolute atomic E-state index is 0.107. The molecule has 9 nitrogen and oxygen atoms in total. The van der Waals surface area contributed by atoms with Crippen LogP contribution in [0.3, 0.4) is 0 Å². The Labute approximate surface area is 256 Å². The van der Waals surface area contributed by atoms with Gasteiger partial charge < -0.3 is 24.4 Å². The molecule has 1 aliphatic rings. The number of carbonyl (C=O) groups excluding carboxylic acids is 3. The van der Waals surface area contributed by atoms with E-state index in [-0.39, 0.29) is 12.2 Å². The fourth-order valence-electron chi connectivity index (χ4n) is 5.42. The van der Waals surface area contributed by atoms with Crippen LogP contribution in [0.5, 0.6) is 0 Å². The van der Waals surface area contributed by atoms with E-state index in [9.17, 15) is 14.4 Å². The SMILES string of the molecule is COC(=O)Cn1c(C)cc(-c2ccccc2)c1C(=O)C(=O)Nc1ccc(N2CCN(c3cc(C)cc(C)n3)CC2)cc1Cl. The number of ketones is 1. The topological polar surface area (TPSA) is 96.8 Å². The van der Waals surface area contributed by atoms with Crippen molar-refractivity contribution in [2.24, 2.45) is 0 Å². The van der Waals surface area contributed by atoms with Crippen LogP contribution in [0.15, 0.2) is 66.7 Å². The van der Waals surface area contributed by atoms with Crippen LogP contribution in [0.1, 0.15) is 27.4 Å². The van der Waals surface area contributed by atoms with Gasteiger partial charge in [-0.2, -0.15) is 0 Å². The van der Waals surface area contributed by atoms with Crippen molar-refractivity contribution in [2.75, 3.05) is 48.4 Å². The number of halogens is 1. The average Bonchev–Trinajstić information content (AvgIpc) is 3.32. The standard InChI is InChI=1S/C33H34ClN5O4/c1-21-16-22(2)35-29(17-21)38-14-12-37(13-15-38)25-10-11-28(27(34)19-25)36-33(42)32(41)31-26(24-8-6-5-7-9-24)18-23(3)39(31)20-30(40)43-4/h5-11,16-19H,12-15,20H2,1-4H3,(H,36,42). The summed E-state index contributed by atoms with van der Waals surface area (Å²) < 4.78 is 6.34. The van der Waals surface area contributed by atoms with E-state index in [0.29, 0.717) is 22.0 Å². The Hall–Kier alpha value is -4.63. The number of hydrogen-bond donors (Lipinski definition) is 1. The Kier molecular flexibility index (Phi) is 8.82. The van der Waals surface area contributed by atoms with Gasteiger partial charge in [0, 0.05) is 48.8 Å². The number of piperazine rings is 1. The van der Waals surface area contributed by atoms with E-state index in [4.69, 9.17) is 16.3 Å². The van der Waals surface area contributed by atoms with Crippen LogP contribution in [0.2, 0.25) is 5.02 Å². The summed E-state index contributed by atoms with van der Waals surface area (Å²) >= 11 is 6.61. The average molecular weight is 600 g/mol. The van der Waals surface area contributed by atoms with E-state index in [0.717, 1.165) is 48.9 Å². The lowest BCUT2D eigenvalue weighted by molar-refractivity contribution is -0.141. The maximum Gasteiger partial charge on any atom is 0.325 e. The molecule has 0 aliphatic carbocycles. The smallest absolute Gasteiger partial charge is 0.325 e. The van der Waals surface area contributed by atoms with Crippen LogP contribution >= 0.6 is 11.6 Å². The molecular weight excluding hydrogens is 566 g/mol. The molecule has 2 aromatic heterocycles. The summed E-state index contributed by atoms with van der Waals surface area (Å²) in [5, 5.41) is 3.00. The lowest BCUT2D eigenvalue weighted by Gasteiger charge is -2.37. The van der Waals surface area contributed by atoms with Gasteiger partial charge in [-0.3, -0.25) is 14.4 Å². The van der Waals surface area contributed by atoms with Crippen LogP contribution in [-0.4, -0.2) is 60.5 Å². The third kappa shape index (κ3) is 6.57. The van der Waals surface area contributed by atoms with Gasteiger partial charge in [-0.1, -0.05) is 41.9 Å². The number of esters is 1. The first-order chi connectivity index (χ1) is 20.6. The quantitative estimate of drug-likeness (QED) is 0.163. The number of rotatable bonds is 8. The summed E-state index contributed by atoms with van der Waals surface area (Å²) in [6, 6.07) is 20.6. The monoisotopic (exact) mass is 599 g/mol. The molecule has 3 heterocycles. The van der Waals surface area contributed by atoms with Crippen molar-refractivity contribution in [2.45, 2.75) is 27.3 Å². The molecule has 1 amide bonds. The molecule has 1 fully saturated rings. The normalized spacial score (nSPS) is 13.1. The number of methoxy groups -OCH3 is 1. The molecule has 5 rings (SSSR count). The van der Waals surface area contributed by atoms with Crippen LogP contribution in [0.25, 0.3) is 11.1 Å². The molecule has 0 saturated carbocycles. The molecule has 2 aromatic carbocycles. The van der Waals surface area contributed by atoms with Gasteiger partial charge in [0.05, 0.1) is 17.8 Å². The fraction of sp³-hybridized carbons (Fsp3) is 0.273. The highest BCUT2D eigenvalue weighted by Gasteiger charge is 2.28. The second-order valence-corrected chi connectivity index (χ2v) is 11.0.